The Morgan fingerprint density at radius 1 is 0.920 bits per heavy atom. The number of halogens is 4. The van der Waals surface area contributed by atoms with E-state index in [0.29, 0.717) is 40.6 Å². The number of fused-ring (bicyclic) bond motifs is 2. The molecule has 0 unspecified atom stereocenters. The second-order valence-corrected chi connectivity index (χ2v) is 10.8. The minimum absolute atomic E-state index is 0. The number of carboxylic acids is 1. The summed E-state index contributed by atoms with van der Waals surface area (Å²) in [5.74, 6) is -1.30. The summed E-state index contributed by atoms with van der Waals surface area (Å²) >= 11 is 0. The van der Waals surface area contributed by atoms with Gasteiger partial charge in [-0.2, -0.15) is 18.2 Å². The minimum atomic E-state index is -4.62. The van der Waals surface area contributed by atoms with Gasteiger partial charge in [0.2, 0.25) is 17.7 Å². The predicted molar refractivity (Wildman–Crippen MR) is 174 cm³/mol. The van der Waals surface area contributed by atoms with Crippen molar-refractivity contribution in [1.82, 2.24) is 15.3 Å². The van der Waals surface area contributed by atoms with Gasteiger partial charge in [0, 0.05) is 53.9 Å². The van der Waals surface area contributed by atoms with E-state index in [1.165, 1.54) is 6.92 Å². The van der Waals surface area contributed by atoms with Crippen molar-refractivity contribution in [1.29, 1.82) is 0 Å². The number of alkyl halides is 3. The van der Waals surface area contributed by atoms with Gasteiger partial charge in [-0.1, -0.05) is 42.5 Å². The van der Waals surface area contributed by atoms with Crippen LogP contribution in [0, 0.1) is 0 Å². The van der Waals surface area contributed by atoms with E-state index in [2.05, 4.69) is 15.3 Å². The highest BCUT2D eigenvalue weighted by Gasteiger charge is 2.34. The third-order valence-corrected chi connectivity index (χ3v) is 7.16. The van der Waals surface area contributed by atoms with Gasteiger partial charge in [-0.05, 0) is 41.0 Å². The van der Waals surface area contributed by atoms with Crippen LogP contribution in [-0.4, -0.2) is 27.0 Å². The number of nitrogens with two attached hydrogens (primary N) is 3. The Balaban J connectivity index is 0.000000221. The van der Waals surface area contributed by atoms with Crippen LogP contribution in [-0.2, 0) is 24.1 Å². The quantitative estimate of drug-likeness (QED) is 0.121. The molecule has 3 aromatic carbocycles. The number of carbonyl (C=O) groups excluding carboxylic acids is 1. The van der Waals surface area contributed by atoms with Crippen LogP contribution in [0.1, 0.15) is 34.1 Å². The van der Waals surface area contributed by atoms with Gasteiger partial charge < -0.3 is 43.5 Å². The number of hydrogen-bond donors (Lipinski definition) is 5. The zero-order chi connectivity index (χ0) is 35.3. The van der Waals surface area contributed by atoms with Crippen molar-refractivity contribution in [2.24, 2.45) is 0 Å². The summed E-state index contributed by atoms with van der Waals surface area (Å²) < 4.78 is 49.2. The Morgan fingerprint density at radius 3 is 2.30 bits per heavy atom. The highest BCUT2D eigenvalue weighted by atomic mass is 35.5. The first-order valence-electron chi connectivity index (χ1n) is 14.6. The maximum Gasteiger partial charge on any atom is 0.433 e. The van der Waals surface area contributed by atoms with Crippen molar-refractivity contribution < 1.29 is 54.8 Å². The summed E-state index contributed by atoms with van der Waals surface area (Å²) in [6.45, 7) is 1.84. The average molecular weight is 707 g/mol. The van der Waals surface area contributed by atoms with Gasteiger partial charge in [0.1, 0.15) is 18.0 Å². The Hall–Kier alpha value is -6.15. The Morgan fingerprint density at radius 2 is 1.62 bits per heavy atom. The van der Waals surface area contributed by atoms with Crippen molar-refractivity contribution in [3.05, 3.63) is 119 Å². The van der Waals surface area contributed by atoms with Gasteiger partial charge >= 0.3 is 12.1 Å². The molecule has 4 aromatic rings. The van der Waals surface area contributed by atoms with Crippen molar-refractivity contribution in [2.75, 3.05) is 11.5 Å². The summed E-state index contributed by atoms with van der Waals surface area (Å²) in [7, 11) is 0. The number of ether oxygens (including phenoxy) is 1. The van der Waals surface area contributed by atoms with Crippen LogP contribution in [0.2, 0.25) is 0 Å². The first-order valence-corrected chi connectivity index (χ1v) is 14.6. The van der Waals surface area contributed by atoms with Crippen LogP contribution in [0.25, 0.3) is 33.4 Å². The summed E-state index contributed by atoms with van der Waals surface area (Å²) in [6.07, 6.45) is -4.62. The van der Waals surface area contributed by atoms with Crippen LogP contribution in [0.5, 0.6) is 5.88 Å². The van der Waals surface area contributed by atoms with E-state index in [1.54, 1.807) is 66.7 Å². The molecule has 0 radical (unpaired) electrons. The molecule has 0 bridgehead atoms. The fourth-order valence-electron chi connectivity index (χ4n) is 4.90. The first-order chi connectivity index (χ1) is 23.3. The number of nitrogen functional groups attached to an aromatic ring is 2. The highest BCUT2D eigenvalue weighted by Crippen LogP contribution is 2.41. The molecule has 0 saturated heterocycles. The monoisotopic (exact) mass is 706 g/mol. The number of hydrogen-bond acceptors (Lipinski definition) is 8. The average Bonchev–Trinajstić information content (AvgIpc) is 3.05. The number of rotatable bonds is 7. The molecule has 0 atom stereocenters. The maximum absolute atomic E-state index is 12.7. The molecule has 2 aliphatic rings. The molecule has 1 amide bonds. The molecule has 0 saturated carbocycles. The minimum Gasteiger partial charge on any atom is -1.00 e. The smallest absolute Gasteiger partial charge is 0.433 e. The second-order valence-electron chi connectivity index (χ2n) is 10.8. The fourth-order valence-corrected chi connectivity index (χ4v) is 4.90. The van der Waals surface area contributed by atoms with E-state index >= 15 is 0 Å². The summed E-state index contributed by atoms with van der Waals surface area (Å²) in [4.78, 5) is 29.3. The number of benzene rings is 4. The van der Waals surface area contributed by atoms with Gasteiger partial charge in [-0.25, -0.2) is 9.78 Å². The number of nitrogens with zero attached hydrogens (tertiary/aromatic N) is 2. The third kappa shape index (κ3) is 8.85. The number of aromatic carboxylic acids is 1. The van der Waals surface area contributed by atoms with Crippen LogP contribution in [0.3, 0.4) is 0 Å². The van der Waals surface area contributed by atoms with Gasteiger partial charge in [-0.3, -0.25) is 10.2 Å². The molecule has 1 aliphatic carbocycles. The van der Waals surface area contributed by atoms with E-state index in [4.69, 9.17) is 26.0 Å². The maximum atomic E-state index is 12.7. The van der Waals surface area contributed by atoms with Crippen LogP contribution < -0.4 is 44.7 Å². The molecule has 50 heavy (non-hydrogen) atoms. The largest absolute Gasteiger partial charge is 1.00 e. The van der Waals surface area contributed by atoms with Gasteiger partial charge in [-0.15, -0.1) is 0 Å². The number of carbonyl (C=O) groups is 2. The highest BCUT2D eigenvalue weighted by molar-refractivity contribution is 6.07. The normalized spacial score (nSPS) is 10.9. The number of nitrogens with one attached hydrogen (secondary N) is 1. The molecule has 0 fully saturated rings. The third-order valence-electron chi connectivity index (χ3n) is 7.16. The van der Waals surface area contributed by atoms with Crippen molar-refractivity contribution in [3.8, 4) is 28.3 Å². The van der Waals surface area contributed by atoms with E-state index in [9.17, 15) is 27.9 Å². The summed E-state index contributed by atoms with van der Waals surface area (Å²) in [5.41, 5.74) is 15.2. The molecule has 15 heteroatoms. The molecule has 8 N–H and O–H groups in total. The molecule has 0 spiro atoms. The Labute approximate surface area is 289 Å². The molecule has 2 heterocycles. The van der Waals surface area contributed by atoms with Crippen molar-refractivity contribution in [2.45, 2.75) is 26.3 Å². The van der Waals surface area contributed by atoms with Crippen LogP contribution >= 0.6 is 0 Å². The lowest BCUT2D eigenvalue weighted by Gasteiger charge is -2.16. The standard InChI is InChI=1S/C20H14N2O3.C15H15F3N4O2.ClH/c21-11-5-7-15-17(9-11)25-18-10-12(22)6-8-16(18)19(15)13-3-1-2-4-14(13)20(23)24;1-9(23)20-7-10-2-4-11(5-3-10)8-24-13-6-12(15(16,17)18)21-14(19)22-13;/h1-10,21H,22H2,(H,23,24);2-6H,7-8H2,1H3,(H,20,23)(H2,19,21,22);1H. The van der Waals surface area contributed by atoms with E-state index < -0.39 is 23.8 Å². The molecule has 258 valence electrons. The lowest BCUT2D eigenvalue weighted by molar-refractivity contribution is -0.172. The van der Waals surface area contributed by atoms with Crippen molar-refractivity contribution in [3.63, 3.8) is 0 Å². The molecular formula is C35H30ClF3N6O5. The van der Waals surface area contributed by atoms with Crippen LogP contribution in [0.15, 0.2) is 95.4 Å². The first kappa shape index (κ1) is 36.7. The summed E-state index contributed by atoms with van der Waals surface area (Å²) in [6, 6.07) is 25.3. The second kappa shape index (κ2) is 15.4. The van der Waals surface area contributed by atoms with E-state index in [0.717, 1.165) is 27.6 Å². The van der Waals surface area contributed by atoms with Crippen LogP contribution in [0.4, 0.5) is 24.8 Å². The lowest BCUT2D eigenvalue weighted by atomic mass is 9.91. The molecule has 1 aliphatic heterocycles. The van der Waals surface area contributed by atoms with E-state index in [1.807, 2.05) is 18.2 Å². The molecule has 11 nitrogen and oxygen atoms in total. The fraction of sp³-hybridized carbons (Fsp3) is 0.114. The Bertz CT molecular complexity index is 2190. The van der Waals surface area contributed by atoms with E-state index in [-0.39, 0.29) is 36.4 Å². The molecule has 6 rings (SSSR count). The van der Waals surface area contributed by atoms with Gasteiger partial charge in [0.25, 0.3) is 0 Å². The zero-order valence-corrected chi connectivity index (χ0v) is 27.0. The predicted octanol–water partition coefficient (Wildman–Crippen LogP) is 1.44. The Kier molecular flexibility index (Phi) is 11.3. The SMILES string of the molecule is CC(=O)NCc1ccc(COc2cc(C(F)(F)F)nc(N)n2)cc1.Nc1ccc2c(-c3ccccc3C(=O)O)c3ccc(=[NH2+])cc-3oc2c1.[Cl-]. The molecular weight excluding hydrogens is 677 g/mol. The zero-order valence-electron chi connectivity index (χ0n) is 26.3. The number of amides is 1. The van der Waals surface area contributed by atoms with Gasteiger partial charge in [0.15, 0.2) is 11.1 Å². The topological polar surface area (TPSA) is 192 Å². The lowest BCUT2D eigenvalue weighted by Crippen LogP contribution is -3.00. The molecule has 1 aromatic heterocycles. The summed E-state index contributed by atoms with van der Waals surface area (Å²) in [5, 5.41) is 19.5. The number of carboxylic acid groups (broad SMARTS) is 1. The number of aromatic nitrogens is 2. The van der Waals surface area contributed by atoms with Crippen molar-refractivity contribution >= 4 is 34.5 Å². The van der Waals surface area contributed by atoms with Gasteiger partial charge in [0.05, 0.1) is 11.6 Å². The number of anilines is 2.